The van der Waals surface area contributed by atoms with Crippen LogP contribution >= 0.6 is 46.5 Å². The Balaban J connectivity index is 1.92. The number of rotatable bonds is 6. The molecule has 0 aliphatic rings. The first-order valence-corrected chi connectivity index (χ1v) is 8.89. The fourth-order valence-corrected chi connectivity index (χ4v) is 4.58. The highest BCUT2D eigenvalue weighted by Gasteiger charge is 2.13. The molecule has 1 aromatic carbocycles. The molecule has 0 spiro atoms. The largest absolute Gasteiger partial charge is 0.387 e. The Morgan fingerprint density at radius 3 is 2.63 bits per heavy atom. The molecule has 0 aliphatic carbocycles. The first kappa shape index (κ1) is 15.1. The summed E-state index contributed by atoms with van der Waals surface area (Å²) in [5, 5.41) is 18.9. The molecule has 1 N–H and O–H groups in total. The number of nitrogens with zero attached hydrogens (tertiary/aromatic N) is 2. The molecular formula is C12H13ClN2OS3. The SMILES string of the molecule is CCSc1nnc(SCC(O)c2ccccc2Cl)s1. The van der Waals surface area contributed by atoms with Gasteiger partial charge in [-0.05, 0) is 17.4 Å². The second-order valence-corrected chi connectivity index (χ2v) is 7.78. The average Bonchev–Trinajstić information content (AvgIpc) is 2.85. The maximum Gasteiger partial charge on any atom is 0.175 e. The van der Waals surface area contributed by atoms with Gasteiger partial charge in [0.1, 0.15) is 0 Å². The summed E-state index contributed by atoms with van der Waals surface area (Å²) in [5.41, 5.74) is 0.754. The van der Waals surface area contributed by atoms with Gasteiger partial charge in [0.2, 0.25) is 0 Å². The number of hydrogen-bond donors (Lipinski definition) is 1. The van der Waals surface area contributed by atoms with E-state index in [0.717, 1.165) is 20.0 Å². The molecule has 0 radical (unpaired) electrons. The fourth-order valence-electron chi connectivity index (χ4n) is 1.42. The van der Waals surface area contributed by atoms with Crippen LogP contribution in [0.3, 0.4) is 0 Å². The van der Waals surface area contributed by atoms with Crippen LogP contribution in [0.4, 0.5) is 0 Å². The lowest BCUT2D eigenvalue weighted by Crippen LogP contribution is -2.01. The Kier molecular flexibility index (Phi) is 5.97. The highest BCUT2D eigenvalue weighted by atomic mass is 35.5. The smallest absolute Gasteiger partial charge is 0.175 e. The molecule has 1 unspecified atom stereocenters. The maximum absolute atomic E-state index is 10.1. The zero-order valence-electron chi connectivity index (χ0n) is 10.2. The summed E-state index contributed by atoms with van der Waals surface area (Å²) in [6, 6.07) is 7.35. The zero-order chi connectivity index (χ0) is 13.7. The second-order valence-electron chi connectivity index (χ2n) is 3.62. The molecule has 1 aromatic heterocycles. The van der Waals surface area contributed by atoms with E-state index in [4.69, 9.17) is 11.6 Å². The van der Waals surface area contributed by atoms with E-state index in [1.807, 2.05) is 18.2 Å². The summed E-state index contributed by atoms with van der Waals surface area (Å²) in [4.78, 5) is 0. The molecule has 0 saturated carbocycles. The maximum atomic E-state index is 10.1. The first-order chi connectivity index (χ1) is 9.20. The molecule has 7 heteroatoms. The lowest BCUT2D eigenvalue weighted by Gasteiger charge is -2.10. The number of aromatic nitrogens is 2. The minimum Gasteiger partial charge on any atom is -0.387 e. The first-order valence-electron chi connectivity index (χ1n) is 5.72. The Morgan fingerprint density at radius 2 is 1.95 bits per heavy atom. The van der Waals surface area contributed by atoms with Gasteiger partial charge in [0, 0.05) is 10.8 Å². The van der Waals surface area contributed by atoms with Crippen LogP contribution in [0.15, 0.2) is 32.9 Å². The molecule has 0 fully saturated rings. The van der Waals surface area contributed by atoms with Crippen molar-refractivity contribution in [3.63, 3.8) is 0 Å². The van der Waals surface area contributed by atoms with Crippen molar-refractivity contribution in [2.75, 3.05) is 11.5 Å². The minimum absolute atomic E-state index is 0.523. The van der Waals surface area contributed by atoms with Gasteiger partial charge in [-0.15, -0.1) is 10.2 Å². The van der Waals surface area contributed by atoms with E-state index in [9.17, 15) is 5.11 Å². The van der Waals surface area contributed by atoms with Crippen molar-refractivity contribution >= 4 is 46.5 Å². The molecule has 0 bridgehead atoms. The van der Waals surface area contributed by atoms with E-state index in [0.29, 0.717) is 10.8 Å². The van der Waals surface area contributed by atoms with Crippen LogP contribution in [0.5, 0.6) is 0 Å². The second kappa shape index (κ2) is 7.50. The molecular weight excluding hydrogens is 320 g/mol. The van der Waals surface area contributed by atoms with E-state index < -0.39 is 6.10 Å². The van der Waals surface area contributed by atoms with Crippen molar-refractivity contribution in [1.82, 2.24) is 10.2 Å². The minimum atomic E-state index is -0.593. The topological polar surface area (TPSA) is 46.0 Å². The molecule has 2 rings (SSSR count). The van der Waals surface area contributed by atoms with Crippen LogP contribution in [0.2, 0.25) is 5.02 Å². The van der Waals surface area contributed by atoms with E-state index in [2.05, 4.69) is 17.1 Å². The predicted molar refractivity (Wildman–Crippen MR) is 83.4 cm³/mol. The Hall–Kier alpha value is -0.270. The third kappa shape index (κ3) is 4.36. The van der Waals surface area contributed by atoms with Gasteiger partial charge < -0.3 is 5.11 Å². The number of benzene rings is 1. The van der Waals surface area contributed by atoms with Crippen molar-refractivity contribution in [2.45, 2.75) is 21.7 Å². The molecule has 102 valence electrons. The lowest BCUT2D eigenvalue weighted by molar-refractivity contribution is 0.204. The van der Waals surface area contributed by atoms with Crippen LogP contribution in [0.25, 0.3) is 0 Å². The van der Waals surface area contributed by atoms with Crippen molar-refractivity contribution < 1.29 is 5.11 Å². The third-order valence-corrected chi connectivity index (χ3v) is 5.78. The fraction of sp³-hybridized carbons (Fsp3) is 0.333. The third-order valence-electron chi connectivity index (χ3n) is 2.28. The van der Waals surface area contributed by atoms with Crippen LogP contribution in [-0.2, 0) is 0 Å². The van der Waals surface area contributed by atoms with E-state index in [-0.39, 0.29) is 0 Å². The summed E-state index contributed by atoms with van der Waals surface area (Å²) in [6.07, 6.45) is -0.593. The summed E-state index contributed by atoms with van der Waals surface area (Å²) in [7, 11) is 0. The van der Waals surface area contributed by atoms with Gasteiger partial charge in [0.15, 0.2) is 8.68 Å². The standard InChI is InChI=1S/C12H13ClN2OS3/c1-2-17-11-14-15-12(19-11)18-7-10(16)8-5-3-4-6-9(8)13/h3-6,10,16H,2,7H2,1H3. The monoisotopic (exact) mass is 332 g/mol. The predicted octanol–water partition coefficient (Wildman–Crippen LogP) is 4.13. The van der Waals surface area contributed by atoms with Crippen LogP contribution in [0.1, 0.15) is 18.6 Å². The summed E-state index contributed by atoms with van der Waals surface area (Å²) < 4.78 is 1.85. The molecule has 1 atom stereocenters. The average molecular weight is 333 g/mol. The Labute approximate surface area is 129 Å². The Morgan fingerprint density at radius 1 is 1.26 bits per heavy atom. The van der Waals surface area contributed by atoms with Gasteiger partial charge in [0.25, 0.3) is 0 Å². The number of halogens is 1. The highest BCUT2D eigenvalue weighted by Crippen LogP contribution is 2.32. The molecule has 0 amide bonds. The van der Waals surface area contributed by atoms with Crippen LogP contribution in [0, 0.1) is 0 Å². The normalized spacial score (nSPS) is 12.6. The quantitative estimate of drug-likeness (QED) is 0.806. The van der Waals surface area contributed by atoms with Gasteiger partial charge in [-0.2, -0.15) is 0 Å². The van der Waals surface area contributed by atoms with Gasteiger partial charge in [-0.1, -0.05) is 71.6 Å². The number of hydrogen-bond acceptors (Lipinski definition) is 6. The van der Waals surface area contributed by atoms with Crippen LogP contribution < -0.4 is 0 Å². The summed E-state index contributed by atoms with van der Waals surface area (Å²) in [6.45, 7) is 2.08. The van der Waals surface area contributed by atoms with Gasteiger partial charge in [0.05, 0.1) is 6.10 Å². The van der Waals surface area contributed by atoms with Crippen LogP contribution in [-0.4, -0.2) is 26.8 Å². The molecule has 0 aliphatic heterocycles. The van der Waals surface area contributed by atoms with E-state index >= 15 is 0 Å². The molecule has 3 nitrogen and oxygen atoms in total. The Bertz CT molecular complexity index is 535. The molecule has 1 heterocycles. The summed E-state index contributed by atoms with van der Waals surface area (Å²) >= 11 is 10.8. The van der Waals surface area contributed by atoms with Crippen molar-refractivity contribution in [2.24, 2.45) is 0 Å². The van der Waals surface area contributed by atoms with Crippen molar-refractivity contribution in [1.29, 1.82) is 0 Å². The van der Waals surface area contributed by atoms with E-state index in [1.165, 1.54) is 11.8 Å². The number of aliphatic hydroxyl groups is 1. The number of aliphatic hydroxyl groups excluding tert-OH is 1. The zero-order valence-corrected chi connectivity index (χ0v) is 13.5. The number of thioether (sulfide) groups is 2. The van der Waals surface area contributed by atoms with Gasteiger partial charge in [-0.25, -0.2) is 0 Å². The summed E-state index contributed by atoms with van der Waals surface area (Å²) in [5.74, 6) is 1.51. The molecule has 2 aromatic rings. The van der Waals surface area contributed by atoms with Crippen molar-refractivity contribution in [3.8, 4) is 0 Å². The van der Waals surface area contributed by atoms with Gasteiger partial charge >= 0.3 is 0 Å². The van der Waals surface area contributed by atoms with Gasteiger partial charge in [-0.3, -0.25) is 0 Å². The van der Waals surface area contributed by atoms with E-state index in [1.54, 1.807) is 29.2 Å². The van der Waals surface area contributed by atoms with Crippen molar-refractivity contribution in [3.05, 3.63) is 34.9 Å². The molecule has 19 heavy (non-hydrogen) atoms. The molecule has 0 saturated heterocycles. The highest BCUT2D eigenvalue weighted by molar-refractivity contribution is 8.03. The lowest BCUT2D eigenvalue weighted by atomic mass is 10.1.